The number of nitrogens with two attached hydrogens (primary N) is 2. The second kappa shape index (κ2) is 3.26. The molecule has 0 aliphatic rings. The Morgan fingerprint density at radius 2 is 1.62 bits per heavy atom. The van der Waals surface area contributed by atoms with Crippen LogP contribution in [0, 0.1) is 0 Å². The topological polar surface area (TPSA) is 167 Å². The fourth-order valence-electron chi connectivity index (χ4n) is 0.549. The minimum Gasteiger partial charge on any atom is -0.478 e. The summed E-state index contributed by atoms with van der Waals surface area (Å²) in [7, 11) is 0. The second-order valence-electron chi connectivity index (χ2n) is 2.53. The van der Waals surface area contributed by atoms with Crippen molar-refractivity contribution in [3.63, 3.8) is 0 Å². The van der Waals surface area contributed by atoms with E-state index in [4.69, 9.17) is 20.4 Å². The van der Waals surface area contributed by atoms with E-state index in [9.17, 15) is 9.59 Å². The van der Waals surface area contributed by atoms with Crippen LogP contribution in [0.25, 0.3) is 0 Å². The number of carboxylic acid groups (broad SMARTS) is 1. The van der Waals surface area contributed by atoms with Crippen molar-refractivity contribution in [3.05, 3.63) is 0 Å². The Morgan fingerprint density at radius 3 is 1.85 bits per heavy atom. The number of hydrogen-bond acceptors (Lipinski definition) is 6. The normalized spacial score (nSPS) is 16.3. The fourth-order valence-corrected chi connectivity index (χ4v) is 0.549. The van der Waals surface area contributed by atoms with E-state index in [2.05, 4.69) is 11.5 Å². The average Bonchev–Trinajstić information content (AvgIpc) is 1.83. The molecule has 76 valence electrons. The Morgan fingerprint density at radius 1 is 1.23 bits per heavy atom. The summed E-state index contributed by atoms with van der Waals surface area (Å²) in [5.74, 6) is -6.60. The fraction of sp³-hybridized carbons (Fsp3) is 0.600. The van der Waals surface area contributed by atoms with Crippen molar-refractivity contribution < 1.29 is 30.0 Å². The largest absolute Gasteiger partial charge is 0.478 e. The van der Waals surface area contributed by atoms with Crippen molar-refractivity contribution in [2.75, 3.05) is 0 Å². The third-order valence-corrected chi connectivity index (χ3v) is 1.36. The van der Waals surface area contributed by atoms with Gasteiger partial charge >= 0.3 is 5.97 Å². The van der Waals surface area contributed by atoms with Gasteiger partial charge in [0.15, 0.2) is 0 Å². The maximum atomic E-state index is 10.2. The molecule has 13 heavy (non-hydrogen) atoms. The van der Waals surface area contributed by atoms with Crippen LogP contribution in [-0.4, -0.2) is 43.8 Å². The van der Waals surface area contributed by atoms with Crippen LogP contribution in [-0.2, 0) is 9.59 Å². The van der Waals surface area contributed by atoms with Crippen LogP contribution in [0.5, 0.6) is 0 Å². The van der Waals surface area contributed by atoms with E-state index in [0.29, 0.717) is 0 Å². The summed E-state index contributed by atoms with van der Waals surface area (Å²) in [5.41, 5.74) is 5.85. The van der Waals surface area contributed by atoms with Gasteiger partial charge in [-0.25, -0.2) is 4.79 Å². The van der Waals surface area contributed by atoms with Gasteiger partial charge < -0.3 is 26.2 Å². The maximum absolute atomic E-state index is 10.2. The summed E-state index contributed by atoms with van der Waals surface area (Å²) >= 11 is 0. The van der Waals surface area contributed by atoms with Crippen LogP contribution in [0.15, 0.2) is 0 Å². The summed E-state index contributed by atoms with van der Waals surface area (Å²) in [6.45, 7) is 0. The molecule has 0 saturated heterocycles. The molecule has 8 nitrogen and oxygen atoms in total. The smallest absolute Gasteiger partial charge is 0.356 e. The molecule has 1 amide bonds. The van der Waals surface area contributed by atoms with E-state index in [0.717, 1.165) is 0 Å². The highest BCUT2D eigenvalue weighted by Gasteiger charge is 2.52. The molecule has 0 fully saturated rings. The standard InChI is InChI=1S/C5H10N2O6/c6-2(8)1-4(11,12)5(7,13)3(9)10/h11-13H,1,7H2,(H2,6,8)(H,9,10). The van der Waals surface area contributed by atoms with Crippen molar-refractivity contribution in [2.24, 2.45) is 11.5 Å². The summed E-state index contributed by atoms with van der Waals surface area (Å²) in [6, 6.07) is 0. The lowest BCUT2D eigenvalue weighted by atomic mass is 10.0. The Balaban J connectivity index is 4.80. The lowest BCUT2D eigenvalue weighted by Gasteiger charge is -2.31. The summed E-state index contributed by atoms with van der Waals surface area (Å²) < 4.78 is 0. The number of amides is 1. The van der Waals surface area contributed by atoms with Crippen LogP contribution in [0.1, 0.15) is 6.42 Å². The second-order valence-corrected chi connectivity index (χ2v) is 2.53. The third kappa shape index (κ3) is 2.36. The molecule has 1 unspecified atom stereocenters. The van der Waals surface area contributed by atoms with Crippen molar-refractivity contribution in [3.8, 4) is 0 Å². The molecule has 1 atom stereocenters. The Hall–Kier alpha value is -1.22. The zero-order valence-corrected chi connectivity index (χ0v) is 6.47. The number of rotatable bonds is 4. The summed E-state index contributed by atoms with van der Waals surface area (Å²) in [5, 5.41) is 34.8. The summed E-state index contributed by atoms with van der Waals surface area (Å²) in [6.07, 6.45) is -1.19. The van der Waals surface area contributed by atoms with Gasteiger partial charge in [-0.05, 0) is 0 Å². The molecule has 0 aliphatic carbocycles. The first-order valence-electron chi connectivity index (χ1n) is 3.09. The number of hydrogen-bond donors (Lipinski definition) is 6. The number of aliphatic carboxylic acids is 1. The van der Waals surface area contributed by atoms with Gasteiger partial charge in [0, 0.05) is 0 Å². The highest BCUT2D eigenvalue weighted by Crippen LogP contribution is 2.18. The Labute approximate surface area is 72.4 Å². The molecule has 0 radical (unpaired) electrons. The molecule has 8 heteroatoms. The zero-order valence-electron chi connectivity index (χ0n) is 6.47. The first kappa shape index (κ1) is 11.8. The van der Waals surface area contributed by atoms with Gasteiger partial charge in [-0.3, -0.25) is 10.5 Å². The SMILES string of the molecule is NC(=O)CC(O)(O)C(N)(O)C(=O)O. The number of aliphatic hydroxyl groups is 3. The average molecular weight is 194 g/mol. The first-order valence-corrected chi connectivity index (χ1v) is 3.09. The predicted octanol–water partition coefficient (Wildman–Crippen LogP) is -3.73. The highest BCUT2D eigenvalue weighted by atomic mass is 16.5. The number of carboxylic acids is 1. The Bertz CT molecular complexity index is 235. The lowest BCUT2D eigenvalue weighted by Crippen LogP contribution is -2.66. The minimum absolute atomic E-state index is 1.19. The van der Waals surface area contributed by atoms with Crippen molar-refractivity contribution in [1.29, 1.82) is 0 Å². The predicted molar refractivity (Wildman–Crippen MR) is 37.8 cm³/mol. The molecular weight excluding hydrogens is 184 g/mol. The van der Waals surface area contributed by atoms with Gasteiger partial charge in [0.1, 0.15) is 0 Å². The minimum atomic E-state index is -3.35. The van der Waals surface area contributed by atoms with Crippen LogP contribution < -0.4 is 11.5 Å². The van der Waals surface area contributed by atoms with Crippen LogP contribution >= 0.6 is 0 Å². The lowest BCUT2D eigenvalue weighted by molar-refractivity contribution is -0.270. The van der Waals surface area contributed by atoms with Gasteiger partial charge in [0.05, 0.1) is 6.42 Å². The molecule has 0 aromatic heterocycles. The monoisotopic (exact) mass is 194 g/mol. The van der Waals surface area contributed by atoms with E-state index in [1.54, 1.807) is 0 Å². The molecule has 0 spiro atoms. The number of primary amides is 1. The van der Waals surface area contributed by atoms with E-state index in [1.165, 1.54) is 0 Å². The molecule has 8 N–H and O–H groups in total. The van der Waals surface area contributed by atoms with Gasteiger partial charge in [-0.15, -0.1) is 0 Å². The van der Waals surface area contributed by atoms with Crippen molar-refractivity contribution in [1.82, 2.24) is 0 Å². The van der Waals surface area contributed by atoms with Gasteiger partial charge in [0.25, 0.3) is 5.72 Å². The van der Waals surface area contributed by atoms with Crippen molar-refractivity contribution >= 4 is 11.9 Å². The zero-order chi connectivity index (χ0) is 10.9. The van der Waals surface area contributed by atoms with Crippen LogP contribution in [0.3, 0.4) is 0 Å². The third-order valence-electron chi connectivity index (χ3n) is 1.36. The summed E-state index contributed by atoms with van der Waals surface area (Å²) in [4.78, 5) is 20.4. The van der Waals surface area contributed by atoms with E-state index in [1.807, 2.05) is 0 Å². The van der Waals surface area contributed by atoms with Gasteiger partial charge in [0.2, 0.25) is 11.7 Å². The molecule has 0 aromatic carbocycles. The van der Waals surface area contributed by atoms with Crippen LogP contribution in [0.4, 0.5) is 0 Å². The van der Waals surface area contributed by atoms with E-state index in [-0.39, 0.29) is 0 Å². The van der Waals surface area contributed by atoms with E-state index < -0.39 is 29.8 Å². The molecule has 0 aromatic rings. The van der Waals surface area contributed by atoms with Crippen LogP contribution in [0.2, 0.25) is 0 Å². The Kier molecular flexibility index (Phi) is 2.96. The molecule has 0 rings (SSSR count). The first-order chi connectivity index (χ1) is 5.61. The van der Waals surface area contributed by atoms with Gasteiger partial charge in [-0.1, -0.05) is 0 Å². The number of carbonyl (C=O) groups is 2. The molecule has 0 heterocycles. The number of carbonyl (C=O) groups excluding carboxylic acids is 1. The molecule has 0 aliphatic heterocycles. The molecule has 0 bridgehead atoms. The molecule has 0 saturated carbocycles. The van der Waals surface area contributed by atoms with E-state index >= 15 is 0 Å². The maximum Gasteiger partial charge on any atom is 0.356 e. The quantitative estimate of drug-likeness (QED) is 0.250. The highest BCUT2D eigenvalue weighted by molar-refractivity contribution is 5.81. The van der Waals surface area contributed by atoms with Gasteiger partial charge in [-0.2, -0.15) is 0 Å². The molecular formula is C5H10N2O6. The van der Waals surface area contributed by atoms with Crippen molar-refractivity contribution in [2.45, 2.75) is 17.9 Å².